The Morgan fingerprint density at radius 3 is 2.91 bits per heavy atom. The molecule has 32 heavy (non-hydrogen) atoms. The number of halogens is 1. The van der Waals surface area contributed by atoms with Crippen LogP contribution in [0, 0.1) is 31.1 Å². The summed E-state index contributed by atoms with van der Waals surface area (Å²) in [6.45, 7) is 3.75. The molecule has 0 aromatic carbocycles. The molecule has 0 amide bonds. The van der Waals surface area contributed by atoms with Crippen molar-refractivity contribution >= 4 is 17.4 Å². The Balaban J connectivity index is 1.49. The van der Waals surface area contributed by atoms with Gasteiger partial charge in [-0.15, -0.1) is 0 Å². The molecule has 2 atom stereocenters. The van der Waals surface area contributed by atoms with E-state index in [2.05, 4.69) is 25.6 Å². The molecule has 0 bridgehead atoms. The summed E-state index contributed by atoms with van der Waals surface area (Å²) >= 11 is 0. The van der Waals surface area contributed by atoms with Gasteiger partial charge in [0.1, 0.15) is 11.6 Å². The molecule has 10 heteroatoms. The van der Waals surface area contributed by atoms with Crippen molar-refractivity contribution in [2.45, 2.75) is 26.1 Å². The molecule has 1 aliphatic rings. The molecule has 2 unspecified atom stereocenters. The summed E-state index contributed by atoms with van der Waals surface area (Å²) in [7, 11) is 0. The number of aryl methyl sites for hydroxylation is 2. The van der Waals surface area contributed by atoms with Gasteiger partial charge in [-0.05, 0) is 19.9 Å². The highest BCUT2D eigenvalue weighted by molar-refractivity contribution is 5.66. The van der Waals surface area contributed by atoms with Crippen LogP contribution < -0.4 is 5.32 Å². The van der Waals surface area contributed by atoms with Crippen molar-refractivity contribution in [2.24, 2.45) is 5.92 Å². The van der Waals surface area contributed by atoms with Crippen molar-refractivity contribution < 1.29 is 4.39 Å². The fourth-order valence-corrected chi connectivity index (χ4v) is 3.73. The van der Waals surface area contributed by atoms with Crippen LogP contribution >= 0.6 is 0 Å². The third-order valence-electron chi connectivity index (χ3n) is 5.30. The van der Waals surface area contributed by atoms with Crippen LogP contribution in [0.3, 0.4) is 0 Å². The van der Waals surface area contributed by atoms with Gasteiger partial charge in [0.25, 0.3) is 0 Å². The second-order valence-electron chi connectivity index (χ2n) is 7.84. The lowest BCUT2D eigenvalue weighted by Gasteiger charge is -2.26. The fraction of sp³-hybridized carbons (Fsp3) is 0.227. The second-order valence-corrected chi connectivity index (χ2v) is 7.84. The van der Waals surface area contributed by atoms with Gasteiger partial charge in [0, 0.05) is 35.8 Å². The molecule has 0 radical (unpaired) electrons. The summed E-state index contributed by atoms with van der Waals surface area (Å²) in [4.78, 5) is 9.28. The largest absolute Gasteiger partial charge is 0.308 e. The van der Waals surface area contributed by atoms with Crippen molar-refractivity contribution in [1.82, 2.24) is 34.3 Å². The number of anilines is 2. The van der Waals surface area contributed by atoms with E-state index in [-0.39, 0.29) is 6.54 Å². The number of aromatic amines is 1. The lowest BCUT2D eigenvalue weighted by atomic mass is 9.86. The smallest absolute Gasteiger partial charge is 0.215 e. The van der Waals surface area contributed by atoms with E-state index in [1.54, 1.807) is 30.6 Å². The zero-order valence-electron chi connectivity index (χ0n) is 17.5. The van der Waals surface area contributed by atoms with E-state index < -0.39 is 11.6 Å². The number of hydrogen-bond acceptors (Lipinski definition) is 6. The summed E-state index contributed by atoms with van der Waals surface area (Å²) in [5.74, 6) is 0.314. The standard InChI is InChI=1S/C22H20FN9/c1-14-7-19(30-29-14)28-21-27-18(8-20-26-15(2)11-32(20)21)16-10-25-31(12-16)13-22(23)6-4-3-5-17(22)9-24/h3-8,10-12,17H,13H2,1-2H3,(H2,27,28,29,30). The predicted molar refractivity (Wildman–Crippen MR) is 117 cm³/mol. The van der Waals surface area contributed by atoms with E-state index in [0.29, 0.717) is 28.7 Å². The molecule has 4 heterocycles. The van der Waals surface area contributed by atoms with E-state index in [9.17, 15) is 5.26 Å². The first-order chi connectivity index (χ1) is 15.4. The van der Waals surface area contributed by atoms with Crippen LogP contribution in [0.15, 0.2) is 55.0 Å². The Morgan fingerprint density at radius 2 is 2.12 bits per heavy atom. The van der Waals surface area contributed by atoms with E-state index in [0.717, 1.165) is 11.4 Å². The number of nitrogens with zero attached hydrogens (tertiary/aromatic N) is 7. The highest BCUT2D eigenvalue weighted by atomic mass is 19.1. The van der Waals surface area contributed by atoms with Crippen LogP contribution in [-0.4, -0.2) is 40.0 Å². The zero-order valence-corrected chi connectivity index (χ0v) is 17.5. The Morgan fingerprint density at radius 1 is 1.25 bits per heavy atom. The first-order valence-corrected chi connectivity index (χ1v) is 10.1. The number of allylic oxidation sites excluding steroid dienone is 4. The molecule has 0 spiro atoms. The van der Waals surface area contributed by atoms with Crippen LogP contribution in [0.2, 0.25) is 0 Å². The first-order valence-electron chi connectivity index (χ1n) is 10.1. The lowest BCUT2D eigenvalue weighted by molar-refractivity contribution is 0.159. The molecule has 5 rings (SSSR count). The van der Waals surface area contributed by atoms with E-state index in [4.69, 9.17) is 4.98 Å². The van der Waals surface area contributed by atoms with E-state index in [1.165, 1.54) is 10.8 Å². The van der Waals surface area contributed by atoms with Crippen molar-refractivity contribution in [2.75, 3.05) is 5.32 Å². The van der Waals surface area contributed by atoms with Gasteiger partial charge in [-0.2, -0.15) is 15.5 Å². The molecule has 160 valence electrons. The summed E-state index contributed by atoms with van der Waals surface area (Å²) in [5.41, 5.74) is 2.00. The van der Waals surface area contributed by atoms with E-state index in [1.807, 2.05) is 42.6 Å². The minimum atomic E-state index is -1.82. The number of fused-ring (bicyclic) bond motifs is 1. The number of hydrogen-bond donors (Lipinski definition) is 2. The normalized spacial score (nSPS) is 20.0. The highest BCUT2D eigenvalue weighted by Gasteiger charge is 2.37. The van der Waals surface area contributed by atoms with Crippen LogP contribution in [0.5, 0.6) is 0 Å². The number of nitriles is 1. The zero-order chi connectivity index (χ0) is 22.3. The molecule has 1 aliphatic carbocycles. The summed E-state index contributed by atoms with van der Waals surface area (Å²) in [6, 6.07) is 5.74. The topological polar surface area (TPSA) is 113 Å². The van der Waals surface area contributed by atoms with Gasteiger partial charge in [-0.1, -0.05) is 18.2 Å². The Bertz CT molecular complexity index is 1400. The molecule has 4 aromatic heterocycles. The minimum Gasteiger partial charge on any atom is -0.308 e. The monoisotopic (exact) mass is 429 g/mol. The van der Waals surface area contributed by atoms with Crippen molar-refractivity contribution in [1.29, 1.82) is 5.26 Å². The maximum Gasteiger partial charge on any atom is 0.215 e. The van der Waals surface area contributed by atoms with Gasteiger partial charge < -0.3 is 5.32 Å². The highest BCUT2D eigenvalue weighted by Crippen LogP contribution is 2.31. The minimum absolute atomic E-state index is 0.0750. The van der Waals surface area contributed by atoms with Crippen molar-refractivity contribution in [3.8, 4) is 17.3 Å². The number of H-pyrrole nitrogens is 1. The van der Waals surface area contributed by atoms with Crippen LogP contribution in [0.1, 0.15) is 11.4 Å². The van der Waals surface area contributed by atoms with Crippen molar-refractivity contribution in [3.05, 3.63) is 66.4 Å². The van der Waals surface area contributed by atoms with Gasteiger partial charge in [0.05, 0.1) is 30.2 Å². The number of nitrogens with one attached hydrogen (secondary N) is 2. The second kappa shape index (κ2) is 7.46. The Kier molecular flexibility index (Phi) is 4.59. The molecule has 4 aromatic rings. The third kappa shape index (κ3) is 3.54. The molecule has 9 nitrogen and oxygen atoms in total. The first kappa shape index (κ1) is 19.7. The Labute approximate surface area is 182 Å². The maximum absolute atomic E-state index is 15.4. The molecule has 0 aliphatic heterocycles. The van der Waals surface area contributed by atoms with Gasteiger partial charge in [0.2, 0.25) is 5.95 Å². The summed E-state index contributed by atoms with van der Waals surface area (Å²) in [5, 5.41) is 23.9. The number of rotatable bonds is 5. The number of aromatic nitrogens is 7. The number of imidazole rings is 1. The van der Waals surface area contributed by atoms with Gasteiger partial charge in [0.15, 0.2) is 11.5 Å². The van der Waals surface area contributed by atoms with Crippen LogP contribution in [0.25, 0.3) is 16.9 Å². The molecule has 2 N–H and O–H groups in total. The Hall–Kier alpha value is -4.26. The predicted octanol–water partition coefficient (Wildman–Crippen LogP) is 3.65. The van der Waals surface area contributed by atoms with Crippen LogP contribution in [0.4, 0.5) is 16.2 Å². The maximum atomic E-state index is 15.4. The van der Waals surface area contributed by atoms with Gasteiger partial charge >= 0.3 is 0 Å². The van der Waals surface area contributed by atoms with Crippen molar-refractivity contribution in [3.63, 3.8) is 0 Å². The van der Waals surface area contributed by atoms with Gasteiger partial charge in [-0.3, -0.25) is 14.2 Å². The summed E-state index contributed by atoms with van der Waals surface area (Å²) < 4.78 is 18.7. The molecule has 0 fully saturated rings. The average molecular weight is 429 g/mol. The molecule has 0 saturated carbocycles. The lowest BCUT2D eigenvalue weighted by Crippen LogP contribution is -2.35. The van der Waals surface area contributed by atoms with Crippen LogP contribution in [-0.2, 0) is 6.54 Å². The number of alkyl halides is 1. The third-order valence-corrected chi connectivity index (χ3v) is 5.30. The summed E-state index contributed by atoms with van der Waals surface area (Å²) in [6.07, 6.45) is 11.5. The fourth-order valence-electron chi connectivity index (χ4n) is 3.73. The van der Waals surface area contributed by atoms with E-state index >= 15 is 4.39 Å². The van der Waals surface area contributed by atoms with Gasteiger partial charge in [-0.25, -0.2) is 14.4 Å². The molecule has 0 saturated heterocycles. The SMILES string of the molecule is Cc1cn2c(Nc3cc(C)[nH]n3)nc(-c3cnn(CC4(F)C=CC=CC4C#N)c3)cc2n1. The molecular weight excluding hydrogens is 409 g/mol. The quantitative estimate of drug-likeness (QED) is 0.501. The average Bonchev–Trinajstić information content (AvgIpc) is 3.48. The molecular formula is C22H20FN9.